The van der Waals surface area contributed by atoms with Crippen molar-refractivity contribution in [3.63, 3.8) is 0 Å². The summed E-state index contributed by atoms with van der Waals surface area (Å²) in [5.41, 5.74) is 0. The van der Waals surface area contributed by atoms with Crippen molar-refractivity contribution in [3.05, 3.63) is 0 Å². The van der Waals surface area contributed by atoms with E-state index in [9.17, 15) is 4.79 Å². The van der Waals surface area contributed by atoms with E-state index in [1.165, 1.54) is 0 Å². The molecule has 0 radical (unpaired) electrons. The van der Waals surface area contributed by atoms with Gasteiger partial charge in [-0.15, -0.1) is 5.10 Å². The minimum Gasteiger partial charge on any atom is -0.306 e. The Balaban J connectivity index is 1.88. The fraction of sp³-hybridized carbons (Fsp3) is 0.714. The molecular formula is C7H12N6O. The molecule has 1 aromatic rings. The van der Waals surface area contributed by atoms with E-state index in [1.54, 1.807) is 0 Å². The number of amides is 1. The Labute approximate surface area is 80.6 Å². The Kier molecular flexibility index (Phi) is 2.68. The molecule has 0 unspecified atom stereocenters. The number of hydrogen-bond donors (Lipinski definition) is 3. The van der Waals surface area contributed by atoms with Crippen LogP contribution < -0.4 is 10.6 Å². The Bertz CT molecular complexity index is 291. The minimum atomic E-state index is -0.123. The zero-order valence-corrected chi connectivity index (χ0v) is 7.66. The standard InChI is InChI=1S/C7H12N6O/c14-6(5-3-1-2-4-8-5)9-7-10-12-13-11-7/h5,8H,1-4H2,(H2,9,10,11,12,13,14)/t5-/m0/s1. The molecule has 0 spiro atoms. The summed E-state index contributed by atoms with van der Waals surface area (Å²) in [5, 5.41) is 18.6. The second-order valence-electron chi connectivity index (χ2n) is 3.23. The van der Waals surface area contributed by atoms with Crippen LogP contribution in [0.1, 0.15) is 19.3 Å². The SMILES string of the molecule is O=C(Nc1nn[nH]n1)[C@@H]1CCCCN1. The lowest BCUT2D eigenvalue weighted by Crippen LogP contribution is -2.43. The number of hydrogen-bond acceptors (Lipinski definition) is 5. The van der Waals surface area contributed by atoms with E-state index in [-0.39, 0.29) is 17.9 Å². The first kappa shape index (κ1) is 9.07. The fourth-order valence-corrected chi connectivity index (χ4v) is 1.49. The molecule has 1 fully saturated rings. The fourth-order valence-electron chi connectivity index (χ4n) is 1.49. The number of carbonyl (C=O) groups is 1. The van der Waals surface area contributed by atoms with E-state index >= 15 is 0 Å². The van der Waals surface area contributed by atoms with Crippen molar-refractivity contribution in [2.24, 2.45) is 0 Å². The average Bonchev–Trinajstić information content (AvgIpc) is 2.72. The molecular weight excluding hydrogens is 184 g/mol. The molecule has 14 heavy (non-hydrogen) atoms. The normalized spacial score (nSPS) is 21.9. The number of rotatable bonds is 2. The quantitative estimate of drug-likeness (QED) is 0.580. The summed E-state index contributed by atoms with van der Waals surface area (Å²) in [4.78, 5) is 11.6. The molecule has 3 N–H and O–H groups in total. The van der Waals surface area contributed by atoms with Crippen LogP contribution in [0.15, 0.2) is 0 Å². The van der Waals surface area contributed by atoms with Gasteiger partial charge < -0.3 is 5.32 Å². The van der Waals surface area contributed by atoms with Gasteiger partial charge in [0.1, 0.15) is 0 Å². The Hall–Kier alpha value is -1.50. The van der Waals surface area contributed by atoms with Crippen molar-refractivity contribution in [3.8, 4) is 0 Å². The third-order valence-corrected chi connectivity index (χ3v) is 2.21. The summed E-state index contributed by atoms with van der Waals surface area (Å²) in [7, 11) is 0. The van der Waals surface area contributed by atoms with Crippen LogP contribution in [0.5, 0.6) is 0 Å². The molecule has 2 rings (SSSR count). The van der Waals surface area contributed by atoms with Crippen LogP contribution >= 0.6 is 0 Å². The first-order chi connectivity index (χ1) is 6.86. The number of tetrazole rings is 1. The van der Waals surface area contributed by atoms with Crippen LogP contribution in [0.25, 0.3) is 0 Å². The van der Waals surface area contributed by atoms with Gasteiger partial charge >= 0.3 is 0 Å². The van der Waals surface area contributed by atoms with Gasteiger partial charge in [0, 0.05) is 0 Å². The molecule has 0 aliphatic carbocycles. The average molecular weight is 196 g/mol. The van der Waals surface area contributed by atoms with E-state index in [2.05, 4.69) is 31.3 Å². The number of nitrogens with zero attached hydrogens (tertiary/aromatic N) is 3. The highest BCUT2D eigenvalue weighted by molar-refractivity contribution is 5.93. The second kappa shape index (κ2) is 4.14. The van der Waals surface area contributed by atoms with Crippen LogP contribution in [0.3, 0.4) is 0 Å². The van der Waals surface area contributed by atoms with Crippen molar-refractivity contribution in [1.29, 1.82) is 0 Å². The van der Waals surface area contributed by atoms with Gasteiger partial charge in [-0.1, -0.05) is 11.5 Å². The molecule has 1 aromatic heterocycles. The van der Waals surface area contributed by atoms with Gasteiger partial charge in [-0.25, -0.2) is 0 Å². The van der Waals surface area contributed by atoms with Crippen LogP contribution in [0.4, 0.5) is 5.95 Å². The topological polar surface area (TPSA) is 95.6 Å². The van der Waals surface area contributed by atoms with Crippen molar-refractivity contribution >= 4 is 11.9 Å². The molecule has 7 heteroatoms. The smallest absolute Gasteiger partial charge is 0.269 e. The summed E-state index contributed by atoms with van der Waals surface area (Å²) in [6.07, 6.45) is 3.08. The molecule has 7 nitrogen and oxygen atoms in total. The van der Waals surface area contributed by atoms with Crippen molar-refractivity contribution in [2.45, 2.75) is 25.3 Å². The summed E-state index contributed by atoms with van der Waals surface area (Å²) in [5.74, 6) is 0.133. The molecule has 0 saturated carbocycles. The van der Waals surface area contributed by atoms with Gasteiger partial charge in [0.2, 0.25) is 5.91 Å². The number of aromatic nitrogens is 4. The highest BCUT2D eigenvalue weighted by atomic mass is 16.2. The second-order valence-corrected chi connectivity index (χ2v) is 3.23. The molecule has 1 saturated heterocycles. The van der Waals surface area contributed by atoms with E-state index in [0.29, 0.717) is 0 Å². The van der Waals surface area contributed by atoms with Gasteiger partial charge in [0.05, 0.1) is 6.04 Å². The maximum atomic E-state index is 11.6. The largest absolute Gasteiger partial charge is 0.306 e. The molecule has 1 atom stereocenters. The lowest BCUT2D eigenvalue weighted by Gasteiger charge is -2.21. The highest BCUT2D eigenvalue weighted by Crippen LogP contribution is 2.08. The van der Waals surface area contributed by atoms with E-state index in [1.807, 2.05) is 0 Å². The number of piperidine rings is 1. The lowest BCUT2D eigenvalue weighted by atomic mass is 10.0. The van der Waals surface area contributed by atoms with Crippen molar-refractivity contribution in [1.82, 2.24) is 25.9 Å². The van der Waals surface area contributed by atoms with Crippen molar-refractivity contribution in [2.75, 3.05) is 11.9 Å². The first-order valence-electron chi connectivity index (χ1n) is 4.64. The van der Waals surface area contributed by atoms with Crippen LogP contribution in [-0.4, -0.2) is 39.1 Å². The zero-order valence-electron chi connectivity index (χ0n) is 7.66. The Morgan fingerprint density at radius 1 is 1.50 bits per heavy atom. The molecule has 76 valence electrons. The number of carbonyl (C=O) groups excluding carboxylic acids is 1. The minimum absolute atomic E-state index is 0.0916. The van der Waals surface area contributed by atoms with Crippen LogP contribution in [0.2, 0.25) is 0 Å². The number of H-pyrrole nitrogens is 1. The number of anilines is 1. The predicted molar refractivity (Wildman–Crippen MR) is 48.4 cm³/mol. The lowest BCUT2D eigenvalue weighted by molar-refractivity contribution is -0.118. The molecule has 1 amide bonds. The Morgan fingerprint density at radius 2 is 2.43 bits per heavy atom. The molecule has 1 aliphatic heterocycles. The predicted octanol–water partition coefficient (Wildman–Crippen LogP) is -0.720. The molecule has 0 aromatic carbocycles. The third kappa shape index (κ3) is 2.05. The van der Waals surface area contributed by atoms with Gasteiger partial charge in [0.25, 0.3) is 5.95 Å². The maximum Gasteiger partial charge on any atom is 0.269 e. The monoisotopic (exact) mass is 196 g/mol. The first-order valence-corrected chi connectivity index (χ1v) is 4.64. The van der Waals surface area contributed by atoms with E-state index in [4.69, 9.17) is 0 Å². The molecule has 1 aliphatic rings. The van der Waals surface area contributed by atoms with Crippen molar-refractivity contribution < 1.29 is 4.79 Å². The third-order valence-electron chi connectivity index (χ3n) is 2.21. The summed E-state index contributed by atoms with van der Waals surface area (Å²) >= 11 is 0. The molecule has 0 bridgehead atoms. The Morgan fingerprint density at radius 3 is 3.07 bits per heavy atom. The van der Waals surface area contributed by atoms with Crippen LogP contribution in [-0.2, 0) is 4.79 Å². The van der Waals surface area contributed by atoms with Gasteiger partial charge in [-0.05, 0) is 24.6 Å². The summed E-state index contributed by atoms with van der Waals surface area (Å²) in [6.45, 7) is 0.893. The zero-order chi connectivity index (χ0) is 9.80. The van der Waals surface area contributed by atoms with Gasteiger partial charge in [-0.2, -0.15) is 5.21 Å². The highest BCUT2D eigenvalue weighted by Gasteiger charge is 2.21. The van der Waals surface area contributed by atoms with Gasteiger partial charge in [-0.3, -0.25) is 10.1 Å². The summed E-state index contributed by atoms with van der Waals surface area (Å²) < 4.78 is 0. The van der Waals surface area contributed by atoms with Gasteiger partial charge in [0.15, 0.2) is 0 Å². The number of aromatic amines is 1. The number of nitrogens with one attached hydrogen (secondary N) is 3. The van der Waals surface area contributed by atoms with E-state index < -0.39 is 0 Å². The molecule has 2 heterocycles. The summed E-state index contributed by atoms with van der Waals surface area (Å²) in [6, 6.07) is -0.123. The maximum absolute atomic E-state index is 11.6. The van der Waals surface area contributed by atoms with Crippen LogP contribution in [0, 0.1) is 0 Å². The van der Waals surface area contributed by atoms with E-state index in [0.717, 1.165) is 25.8 Å².